The highest BCUT2D eigenvalue weighted by Gasteiger charge is 2.26. The average molecular weight is 189 g/mol. The molecule has 0 spiro atoms. The minimum Gasteiger partial charge on any atom is -0.497 e. The van der Waals surface area contributed by atoms with Gasteiger partial charge >= 0.3 is 0 Å². The Hall–Kier alpha value is -0.980. The molecule has 0 amide bonds. The summed E-state index contributed by atoms with van der Waals surface area (Å²) in [4.78, 5) is 0. The molecule has 1 fully saturated rings. The van der Waals surface area contributed by atoms with E-state index >= 15 is 0 Å². The third kappa shape index (κ3) is 1.77. The highest BCUT2D eigenvalue weighted by Crippen LogP contribution is 2.43. The maximum Gasteiger partial charge on any atom is 0.119 e. The first kappa shape index (κ1) is 9.57. The molecule has 1 heteroatoms. The molecule has 2 rings (SSSR count). The SMILES string of the molecule is COc1ccc(C2CC2)c([C](C)C)c1. The van der Waals surface area contributed by atoms with Gasteiger partial charge in [0.1, 0.15) is 5.75 Å². The number of benzene rings is 1. The third-order valence-electron chi connectivity index (χ3n) is 2.82. The van der Waals surface area contributed by atoms with Crippen LogP contribution in [-0.2, 0) is 0 Å². The lowest BCUT2D eigenvalue weighted by molar-refractivity contribution is 0.414. The molecule has 1 nitrogen and oxygen atoms in total. The molecule has 0 N–H and O–H groups in total. The molecule has 1 aliphatic rings. The van der Waals surface area contributed by atoms with Crippen LogP contribution >= 0.6 is 0 Å². The van der Waals surface area contributed by atoms with Crippen LogP contribution in [0.3, 0.4) is 0 Å². The van der Waals surface area contributed by atoms with E-state index in [1.165, 1.54) is 29.9 Å². The van der Waals surface area contributed by atoms with Crippen molar-refractivity contribution in [2.75, 3.05) is 7.11 Å². The average Bonchev–Trinajstić information content (AvgIpc) is 3.00. The van der Waals surface area contributed by atoms with Gasteiger partial charge in [-0.05, 0) is 47.9 Å². The number of hydrogen-bond donors (Lipinski definition) is 0. The Morgan fingerprint density at radius 2 is 2.00 bits per heavy atom. The Labute approximate surface area is 86.1 Å². The Morgan fingerprint density at radius 3 is 2.50 bits per heavy atom. The lowest BCUT2D eigenvalue weighted by Gasteiger charge is -2.13. The first-order chi connectivity index (χ1) is 6.72. The Morgan fingerprint density at radius 1 is 1.29 bits per heavy atom. The summed E-state index contributed by atoms with van der Waals surface area (Å²) in [5.41, 5.74) is 2.89. The molecule has 1 aromatic rings. The summed E-state index contributed by atoms with van der Waals surface area (Å²) in [6.45, 7) is 4.33. The van der Waals surface area contributed by atoms with Gasteiger partial charge in [-0.3, -0.25) is 0 Å². The first-order valence-corrected chi connectivity index (χ1v) is 5.21. The lowest BCUT2D eigenvalue weighted by Crippen LogP contribution is -1.96. The largest absolute Gasteiger partial charge is 0.497 e. The zero-order valence-corrected chi connectivity index (χ0v) is 9.13. The fraction of sp³-hybridized carbons (Fsp3) is 0.462. The molecule has 1 radical (unpaired) electrons. The van der Waals surface area contributed by atoms with E-state index in [1.807, 2.05) is 0 Å². The molecular weight excluding hydrogens is 172 g/mol. The van der Waals surface area contributed by atoms with Crippen molar-refractivity contribution in [3.8, 4) is 5.75 Å². The van der Waals surface area contributed by atoms with Crippen molar-refractivity contribution in [3.63, 3.8) is 0 Å². The van der Waals surface area contributed by atoms with Gasteiger partial charge in [-0.25, -0.2) is 0 Å². The minimum atomic E-state index is 0.811. The smallest absolute Gasteiger partial charge is 0.119 e. The number of rotatable bonds is 3. The quantitative estimate of drug-likeness (QED) is 0.706. The van der Waals surface area contributed by atoms with E-state index in [2.05, 4.69) is 32.0 Å². The third-order valence-corrected chi connectivity index (χ3v) is 2.82. The highest BCUT2D eigenvalue weighted by atomic mass is 16.5. The van der Waals surface area contributed by atoms with Crippen molar-refractivity contribution >= 4 is 0 Å². The van der Waals surface area contributed by atoms with Gasteiger partial charge in [-0.1, -0.05) is 19.9 Å². The normalized spacial score (nSPS) is 16.0. The predicted octanol–water partition coefficient (Wildman–Crippen LogP) is 3.53. The fourth-order valence-corrected chi connectivity index (χ4v) is 1.85. The number of methoxy groups -OCH3 is 1. The molecular formula is C13H17O. The summed E-state index contributed by atoms with van der Waals surface area (Å²) in [6.07, 6.45) is 2.71. The molecule has 1 saturated carbocycles. The van der Waals surface area contributed by atoms with Crippen molar-refractivity contribution in [3.05, 3.63) is 35.2 Å². The molecule has 1 aliphatic carbocycles. The zero-order valence-electron chi connectivity index (χ0n) is 9.13. The van der Waals surface area contributed by atoms with Crippen LogP contribution in [0.15, 0.2) is 18.2 Å². The fourth-order valence-electron chi connectivity index (χ4n) is 1.85. The maximum absolute atomic E-state index is 5.25. The molecule has 75 valence electrons. The van der Waals surface area contributed by atoms with Gasteiger partial charge in [0.25, 0.3) is 0 Å². The molecule has 0 saturated heterocycles. The van der Waals surface area contributed by atoms with Crippen LogP contribution in [0.2, 0.25) is 0 Å². The molecule has 0 atom stereocenters. The monoisotopic (exact) mass is 189 g/mol. The van der Waals surface area contributed by atoms with E-state index in [-0.39, 0.29) is 0 Å². The summed E-state index contributed by atoms with van der Waals surface area (Å²) >= 11 is 0. The second kappa shape index (κ2) is 3.64. The van der Waals surface area contributed by atoms with Gasteiger partial charge in [-0.15, -0.1) is 0 Å². The molecule has 0 unspecified atom stereocenters. The van der Waals surface area contributed by atoms with Crippen LogP contribution in [-0.4, -0.2) is 7.11 Å². The van der Waals surface area contributed by atoms with Gasteiger partial charge in [0, 0.05) is 0 Å². The van der Waals surface area contributed by atoms with Crippen LogP contribution in [0.4, 0.5) is 0 Å². The van der Waals surface area contributed by atoms with Crippen LogP contribution < -0.4 is 4.74 Å². The van der Waals surface area contributed by atoms with E-state index in [1.54, 1.807) is 7.11 Å². The van der Waals surface area contributed by atoms with Gasteiger partial charge in [0.15, 0.2) is 0 Å². The molecule has 14 heavy (non-hydrogen) atoms. The van der Waals surface area contributed by atoms with Gasteiger partial charge in [0.2, 0.25) is 0 Å². The van der Waals surface area contributed by atoms with Crippen molar-refractivity contribution in [2.45, 2.75) is 32.6 Å². The molecule has 0 bridgehead atoms. The van der Waals surface area contributed by atoms with E-state index in [9.17, 15) is 0 Å². The summed E-state index contributed by atoms with van der Waals surface area (Å²) in [6, 6.07) is 6.45. The van der Waals surface area contributed by atoms with Crippen LogP contribution in [0.1, 0.15) is 43.7 Å². The summed E-state index contributed by atoms with van der Waals surface area (Å²) in [7, 11) is 1.72. The van der Waals surface area contributed by atoms with E-state index in [4.69, 9.17) is 4.74 Å². The molecule has 0 aliphatic heterocycles. The highest BCUT2D eigenvalue weighted by molar-refractivity contribution is 5.45. The van der Waals surface area contributed by atoms with E-state index < -0.39 is 0 Å². The second-order valence-corrected chi connectivity index (χ2v) is 4.23. The summed E-state index contributed by atoms with van der Waals surface area (Å²) in [5, 5.41) is 0. The second-order valence-electron chi connectivity index (χ2n) is 4.23. The maximum atomic E-state index is 5.25. The first-order valence-electron chi connectivity index (χ1n) is 5.21. The zero-order chi connectivity index (χ0) is 10.1. The summed E-state index contributed by atoms with van der Waals surface area (Å²) < 4.78 is 5.25. The molecule has 0 heterocycles. The predicted molar refractivity (Wildman–Crippen MR) is 58.7 cm³/mol. The van der Waals surface area contributed by atoms with Gasteiger partial charge < -0.3 is 4.74 Å². The Kier molecular flexibility index (Phi) is 2.49. The van der Waals surface area contributed by atoms with Gasteiger partial charge in [0.05, 0.1) is 7.11 Å². The van der Waals surface area contributed by atoms with Crippen molar-refractivity contribution in [1.82, 2.24) is 0 Å². The van der Waals surface area contributed by atoms with E-state index in [0.29, 0.717) is 0 Å². The lowest BCUT2D eigenvalue weighted by atomic mass is 9.94. The topological polar surface area (TPSA) is 9.23 Å². The number of hydrogen-bond acceptors (Lipinski definition) is 1. The Bertz CT molecular complexity index is 324. The van der Waals surface area contributed by atoms with Gasteiger partial charge in [-0.2, -0.15) is 0 Å². The minimum absolute atomic E-state index is 0.811. The van der Waals surface area contributed by atoms with E-state index in [0.717, 1.165) is 11.7 Å². The summed E-state index contributed by atoms with van der Waals surface area (Å²) in [5.74, 6) is 3.15. The van der Waals surface area contributed by atoms with Crippen LogP contribution in [0.5, 0.6) is 5.75 Å². The molecule has 1 aromatic carbocycles. The molecule has 0 aromatic heterocycles. The number of ether oxygens (including phenoxy) is 1. The van der Waals surface area contributed by atoms with Crippen LogP contribution in [0, 0.1) is 5.92 Å². The van der Waals surface area contributed by atoms with Crippen molar-refractivity contribution in [1.29, 1.82) is 0 Å². The standard InChI is InChI=1S/C13H17O/c1-9(2)13-8-11(14-3)6-7-12(13)10-4-5-10/h6-8,10H,4-5H2,1-3H3. The van der Waals surface area contributed by atoms with Crippen molar-refractivity contribution < 1.29 is 4.74 Å². The van der Waals surface area contributed by atoms with Crippen molar-refractivity contribution in [2.24, 2.45) is 0 Å². The Balaban J connectivity index is 2.38. The van der Waals surface area contributed by atoms with Crippen LogP contribution in [0.25, 0.3) is 0 Å².